The molecule has 0 saturated carbocycles. The van der Waals surface area contributed by atoms with E-state index >= 15 is 0 Å². The van der Waals surface area contributed by atoms with Gasteiger partial charge in [-0.05, 0) is 54.7 Å². The number of aromatic carboxylic acids is 1. The predicted octanol–water partition coefficient (Wildman–Crippen LogP) is 5.20. The normalized spacial score (nSPS) is 14.4. The zero-order valence-electron chi connectivity index (χ0n) is 20.8. The molecule has 0 spiro atoms. The quantitative estimate of drug-likeness (QED) is 0.384. The van der Waals surface area contributed by atoms with Gasteiger partial charge in [-0.1, -0.05) is 13.8 Å². The van der Waals surface area contributed by atoms with Crippen LogP contribution in [0.15, 0.2) is 42.6 Å². The molecule has 1 aliphatic heterocycles. The molecule has 1 fully saturated rings. The molecule has 8 nitrogen and oxygen atoms in total. The van der Waals surface area contributed by atoms with Crippen molar-refractivity contribution in [1.82, 2.24) is 19.7 Å². The smallest absolute Gasteiger partial charge is 0.354 e. The molecule has 0 amide bonds. The summed E-state index contributed by atoms with van der Waals surface area (Å²) < 4.78 is 34.9. The van der Waals surface area contributed by atoms with Gasteiger partial charge in [0.2, 0.25) is 0 Å². The third-order valence-electron chi connectivity index (χ3n) is 6.68. The summed E-state index contributed by atoms with van der Waals surface area (Å²) in [6.45, 7) is 5.32. The summed E-state index contributed by atoms with van der Waals surface area (Å²) in [5.74, 6) is -2.04. The average molecular weight is 508 g/mol. The van der Waals surface area contributed by atoms with Crippen LogP contribution in [0.25, 0.3) is 27.8 Å². The Morgan fingerprint density at radius 1 is 1.14 bits per heavy atom. The number of carbonyl (C=O) groups is 1. The first-order chi connectivity index (χ1) is 17.7. The Labute approximate surface area is 212 Å². The molecule has 1 N–H and O–H groups in total. The molecule has 0 aliphatic carbocycles. The molecule has 5 rings (SSSR count). The summed E-state index contributed by atoms with van der Waals surface area (Å²) >= 11 is 0. The van der Waals surface area contributed by atoms with E-state index in [2.05, 4.69) is 20.0 Å². The zero-order chi connectivity index (χ0) is 26.3. The highest BCUT2D eigenvalue weighted by atomic mass is 19.1. The molecule has 37 heavy (non-hydrogen) atoms. The van der Waals surface area contributed by atoms with E-state index in [9.17, 15) is 18.7 Å². The van der Waals surface area contributed by atoms with Crippen LogP contribution in [0, 0.1) is 11.6 Å². The van der Waals surface area contributed by atoms with Crippen LogP contribution in [0.2, 0.25) is 0 Å². The molecule has 1 aromatic carbocycles. The lowest BCUT2D eigenvalue weighted by atomic mass is 9.98. The lowest BCUT2D eigenvalue weighted by Gasteiger charge is -2.32. The van der Waals surface area contributed by atoms with E-state index in [4.69, 9.17) is 4.74 Å². The average Bonchev–Trinajstić information content (AvgIpc) is 3.28. The summed E-state index contributed by atoms with van der Waals surface area (Å²) in [4.78, 5) is 23.1. The van der Waals surface area contributed by atoms with Crippen LogP contribution in [0.5, 0.6) is 0 Å². The number of fused-ring (bicyclic) bond motifs is 1. The van der Waals surface area contributed by atoms with Crippen molar-refractivity contribution in [3.63, 3.8) is 0 Å². The van der Waals surface area contributed by atoms with Crippen molar-refractivity contribution in [2.75, 3.05) is 25.2 Å². The molecule has 3 aromatic heterocycles. The SMILES string of the molecule is CC(C)c1nn(-c2cc(F)cc(F)c2)c2nc(C(=O)O)cc(-c3ccc(N(C)C4CCOCC4)nc3)c12. The first kappa shape index (κ1) is 24.8. The Bertz CT molecular complexity index is 1440. The second kappa shape index (κ2) is 9.85. The number of benzene rings is 1. The predicted molar refractivity (Wildman–Crippen MR) is 135 cm³/mol. The standard InChI is InChI=1S/C27H27F2N5O3/c1-15(2)25-24-21(16-4-5-23(30-14-16)33(3)19-6-8-37-9-7-19)13-22(27(35)36)31-26(24)34(32-25)20-11-17(28)10-18(29)12-20/h4-5,10-15,19H,6-9H2,1-3H3,(H,35,36). The summed E-state index contributed by atoms with van der Waals surface area (Å²) in [6.07, 6.45) is 3.55. The first-order valence-corrected chi connectivity index (χ1v) is 12.1. The molecule has 1 saturated heterocycles. The van der Waals surface area contributed by atoms with Crippen molar-refractivity contribution in [2.45, 2.75) is 38.6 Å². The fourth-order valence-corrected chi connectivity index (χ4v) is 4.74. The van der Waals surface area contributed by atoms with Crippen LogP contribution in [0.4, 0.5) is 14.6 Å². The number of carboxylic acids is 1. The lowest BCUT2D eigenvalue weighted by Crippen LogP contribution is -2.37. The summed E-state index contributed by atoms with van der Waals surface area (Å²) in [5.41, 5.74) is 2.00. The van der Waals surface area contributed by atoms with E-state index in [1.54, 1.807) is 6.20 Å². The molecule has 192 valence electrons. The minimum Gasteiger partial charge on any atom is -0.477 e. The van der Waals surface area contributed by atoms with E-state index in [-0.39, 0.29) is 22.9 Å². The highest BCUT2D eigenvalue weighted by Crippen LogP contribution is 2.36. The van der Waals surface area contributed by atoms with Crippen molar-refractivity contribution in [1.29, 1.82) is 0 Å². The number of hydrogen-bond acceptors (Lipinski definition) is 6. The molecular weight excluding hydrogens is 480 g/mol. The van der Waals surface area contributed by atoms with E-state index in [0.29, 0.717) is 28.2 Å². The van der Waals surface area contributed by atoms with Gasteiger partial charge in [0.1, 0.15) is 17.5 Å². The number of halogens is 2. The molecule has 4 aromatic rings. The van der Waals surface area contributed by atoms with Gasteiger partial charge in [-0.25, -0.2) is 28.2 Å². The number of ether oxygens (including phenoxy) is 1. The Balaban J connectivity index is 1.67. The third-order valence-corrected chi connectivity index (χ3v) is 6.68. The maximum absolute atomic E-state index is 14.1. The first-order valence-electron chi connectivity index (χ1n) is 12.1. The third kappa shape index (κ3) is 4.76. The van der Waals surface area contributed by atoms with Gasteiger partial charge in [0.25, 0.3) is 0 Å². The second-order valence-electron chi connectivity index (χ2n) is 9.50. The Morgan fingerprint density at radius 3 is 2.43 bits per heavy atom. The Hall–Kier alpha value is -3.92. The highest BCUT2D eigenvalue weighted by molar-refractivity contribution is 6.00. The molecule has 10 heteroatoms. The maximum atomic E-state index is 14.1. The number of anilines is 1. The van der Waals surface area contributed by atoms with Crippen molar-refractivity contribution in [3.8, 4) is 16.8 Å². The maximum Gasteiger partial charge on any atom is 0.354 e. The Morgan fingerprint density at radius 2 is 1.84 bits per heavy atom. The fourth-order valence-electron chi connectivity index (χ4n) is 4.74. The van der Waals surface area contributed by atoms with Gasteiger partial charge in [-0.3, -0.25) is 0 Å². The second-order valence-corrected chi connectivity index (χ2v) is 9.50. The van der Waals surface area contributed by atoms with Crippen LogP contribution >= 0.6 is 0 Å². The highest BCUT2D eigenvalue weighted by Gasteiger charge is 2.24. The van der Waals surface area contributed by atoms with Crippen LogP contribution in [0.3, 0.4) is 0 Å². The molecule has 0 radical (unpaired) electrons. The summed E-state index contributed by atoms with van der Waals surface area (Å²) in [6, 6.07) is 8.66. The molecule has 0 bridgehead atoms. The van der Waals surface area contributed by atoms with Crippen molar-refractivity contribution in [3.05, 3.63) is 65.6 Å². The van der Waals surface area contributed by atoms with Gasteiger partial charge in [-0.15, -0.1) is 0 Å². The van der Waals surface area contributed by atoms with E-state index in [1.807, 2.05) is 33.0 Å². The van der Waals surface area contributed by atoms with Crippen LogP contribution in [0.1, 0.15) is 48.8 Å². The van der Waals surface area contributed by atoms with Gasteiger partial charge in [-0.2, -0.15) is 5.10 Å². The van der Waals surface area contributed by atoms with E-state index in [0.717, 1.165) is 50.1 Å². The molecule has 4 heterocycles. The number of hydrogen-bond donors (Lipinski definition) is 1. The van der Waals surface area contributed by atoms with Gasteiger partial charge >= 0.3 is 5.97 Å². The van der Waals surface area contributed by atoms with E-state index < -0.39 is 17.6 Å². The molecule has 0 atom stereocenters. The topological polar surface area (TPSA) is 93.4 Å². The Kier molecular flexibility index (Phi) is 6.59. The van der Waals surface area contributed by atoms with Crippen LogP contribution in [-0.4, -0.2) is 57.1 Å². The van der Waals surface area contributed by atoms with E-state index in [1.165, 1.54) is 10.7 Å². The fraction of sp³-hybridized carbons (Fsp3) is 0.333. The summed E-state index contributed by atoms with van der Waals surface area (Å²) in [7, 11) is 2.00. The van der Waals surface area contributed by atoms with Crippen molar-refractivity contribution >= 4 is 22.8 Å². The molecular formula is C27H27F2N5O3. The monoisotopic (exact) mass is 507 g/mol. The van der Waals surface area contributed by atoms with Crippen molar-refractivity contribution in [2.24, 2.45) is 0 Å². The van der Waals surface area contributed by atoms with Gasteiger partial charge in [0.05, 0.1) is 16.8 Å². The minimum absolute atomic E-state index is 0.0785. The number of carboxylic acid groups (broad SMARTS) is 1. The van der Waals surface area contributed by atoms with Crippen molar-refractivity contribution < 1.29 is 23.4 Å². The van der Waals surface area contributed by atoms with Gasteiger partial charge in [0.15, 0.2) is 11.3 Å². The van der Waals surface area contributed by atoms with Crippen LogP contribution < -0.4 is 4.90 Å². The summed E-state index contributed by atoms with van der Waals surface area (Å²) in [5, 5.41) is 15.0. The number of rotatable bonds is 6. The molecule has 1 aliphatic rings. The zero-order valence-corrected chi connectivity index (χ0v) is 20.8. The van der Waals surface area contributed by atoms with Gasteiger partial charge < -0.3 is 14.7 Å². The van der Waals surface area contributed by atoms with Gasteiger partial charge in [0, 0.05) is 44.1 Å². The number of aromatic nitrogens is 4. The largest absolute Gasteiger partial charge is 0.477 e. The number of nitrogens with zero attached hydrogens (tertiary/aromatic N) is 5. The molecule has 0 unspecified atom stereocenters. The minimum atomic E-state index is -1.23. The van der Waals surface area contributed by atoms with Crippen LogP contribution in [-0.2, 0) is 4.74 Å². The lowest BCUT2D eigenvalue weighted by molar-refractivity contribution is 0.0691. The number of pyridine rings is 2.